The van der Waals surface area contributed by atoms with E-state index in [-0.39, 0.29) is 0 Å². The summed E-state index contributed by atoms with van der Waals surface area (Å²) in [6.45, 7) is 0. The number of halogens is 6. The zero-order valence-electron chi connectivity index (χ0n) is 9.49. The highest BCUT2D eigenvalue weighted by atomic mass is 127. The number of hydrogen-bond acceptors (Lipinski definition) is 0. The van der Waals surface area contributed by atoms with Gasteiger partial charge >= 0.3 is 7.25 Å². The average molecular weight is 402 g/mol. The van der Waals surface area contributed by atoms with Gasteiger partial charge in [0.25, 0.3) is 22.6 Å². The standard InChI is InChI=1S/C12H9ClI.BF4/c13-10-7-5-9(6-8-10)11-3-1-2-4-12(11)14;2-1(3,4)5/h1-8,14H;/q+1;-1. The molecule has 0 N–H and O–H groups in total. The lowest BCUT2D eigenvalue weighted by Crippen LogP contribution is -3.34. The Bertz CT molecular complexity index is 522. The summed E-state index contributed by atoms with van der Waals surface area (Å²) in [4.78, 5) is 0. The van der Waals surface area contributed by atoms with Crippen molar-refractivity contribution in [2.75, 3.05) is 0 Å². The largest absolute Gasteiger partial charge is 0.673 e. The molecule has 0 heterocycles. The van der Waals surface area contributed by atoms with Crippen LogP contribution in [0.1, 0.15) is 0 Å². The summed E-state index contributed by atoms with van der Waals surface area (Å²) in [6.07, 6.45) is 0. The molecule has 0 unspecified atom stereocenters. The fourth-order valence-corrected chi connectivity index (χ4v) is 2.22. The first-order valence-corrected chi connectivity index (χ1v) is 6.71. The van der Waals surface area contributed by atoms with Gasteiger partial charge in [-0.05, 0) is 29.8 Å². The number of rotatable bonds is 1. The quantitative estimate of drug-likeness (QED) is 0.388. The molecule has 7 heteroatoms. The molecule has 0 saturated carbocycles. The summed E-state index contributed by atoms with van der Waals surface area (Å²) in [5.74, 6) is 0. The van der Waals surface area contributed by atoms with Gasteiger partial charge in [-0.15, -0.1) is 0 Å². The van der Waals surface area contributed by atoms with Crippen LogP contribution in [0.4, 0.5) is 17.3 Å². The normalized spacial score (nSPS) is 10.6. The van der Waals surface area contributed by atoms with Crippen molar-refractivity contribution < 1.29 is 39.9 Å². The lowest BCUT2D eigenvalue weighted by atomic mass is 10.1. The molecule has 0 radical (unpaired) electrons. The van der Waals surface area contributed by atoms with Gasteiger partial charge in [-0.3, -0.25) is 0 Å². The van der Waals surface area contributed by atoms with E-state index in [0.29, 0.717) is 0 Å². The second-order valence-electron chi connectivity index (χ2n) is 3.50. The van der Waals surface area contributed by atoms with Crippen LogP contribution < -0.4 is 22.6 Å². The highest BCUT2D eigenvalue weighted by Gasteiger charge is 2.20. The van der Waals surface area contributed by atoms with Crippen molar-refractivity contribution in [1.29, 1.82) is 0 Å². The van der Waals surface area contributed by atoms with E-state index in [2.05, 4.69) is 24.3 Å². The topological polar surface area (TPSA) is 0 Å². The molecular weight excluding hydrogens is 393 g/mol. The SMILES string of the molecule is Clc1ccc(-c2ccccc2[IH+])cc1.F[B-](F)(F)F. The molecule has 0 aliphatic heterocycles. The van der Waals surface area contributed by atoms with Gasteiger partial charge in [0.1, 0.15) is 0 Å². The molecular formula is C12H9BClF4I. The predicted octanol–water partition coefficient (Wildman–Crippen LogP) is 1.76. The third-order valence-corrected chi connectivity index (χ3v) is 3.31. The van der Waals surface area contributed by atoms with Crippen LogP contribution in [-0.2, 0) is 0 Å². The third-order valence-electron chi connectivity index (χ3n) is 2.04. The van der Waals surface area contributed by atoms with Crippen molar-refractivity contribution in [3.05, 3.63) is 57.1 Å². The van der Waals surface area contributed by atoms with Crippen molar-refractivity contribution in [3.63, 3.8) is 0 Å². The van der Waals surface area contributed by atoms with E-state index in [0.717, 1.165) is 5.02 Å². The second kappa shape index (κ2) is 7.14. The van der Waals surface area contributed by atoms with E-state index in [9.17, 15) is 17.3 Å². The summed E-state index contributed by atoms with van der Waals surface area (Å²) >= 11 is 7.88. The first kappa shape index (κ1) is 16.3. The molecule has 0 amide bonds. The summed E-state index contributed by atoms with van der Waals surface area (Å²) in [5.41, 5.74) is 2.49. The van der Waals surface area contributed by atoms with Gasteiger partial charge in [0.2, 0.25) is 0 Å². The summed E-state index contributed by atoms with van der Waals surface area (Å²) in [6, 6.07) is 16.3. The van der Waals surface area contributed by atoms with Crippen LogP contribution in [0.25, 0.3) is 11.1 Å². The number of benzene rings is 2. The zero-order chi connectivity index (χ0) is 14.5. The fourth-order valence-electron chi connectivity index (χ4n) is 1.33. The van der Waals surface area contributed by atoms with E-state index >= 15 is 0 Å². The Morgan fingerprint density at radius 3 is 1.79 bits per heavy atom. The van der Waals surface area contributed by atoms with E-state index in [1.807, 2.05) is 46.9 Å². The van der Waals surface area contributed by atoms with Crippen molar-refractivity contribution in [3.8, 4) is 11.1 Å². The Morgan fingerprint density at radius 2 is 1.32 bits per heavy atom. The monoisotopic (exact) mass is 402 g/mol. The van der Waals surface area contributed by atoms with Crippen LogP contribution >= 0.6 is 11.6 Å². The molecule has 2 rings (SSSR count). The van der Waals surface area contributed by atoms with Gasteiger partial charge in [-0.1, -0.05) is 35.9 Å². The maximum absolute atomic E-state index is 9.75. The summed E-state index contributed by atoms with van der Waals surface area (Å²) in [5, 5.41) is 0.781. The second-order valence-corrected chi connectivity index (χ2v) is 5.19. The minimum absolute atomic E-state index is 0.781. The maximum Gasteiger partial charge on any atom is 0.673 e. The van der Waals surface area contributed by atoms with Gasteiger partial charge in [-0.2, -0.15) is 0 Å². The van der Waals surface area contributed by atoms with E-state index in [1.54, 1.807) is 0 Å². The average Bonchev–Trinajstić information content (AvgIpc) is 2.29. The molecule has 0 aliphatic carbocycles. The molecule has 0 saturated heterocycles. The molecule has 0 spiro atoms. The van der Waals surface area contributed by atoms with E-state index < -0.39 is 7.25 Å². The summed E-state index contributed by atoms with van der Waals surface area (Å²) < 4.78 is 40.3. The van der Waals surface area contributed by atoms with Crippen LogP contribution in [0.5, 0.6) is 0 Å². The Balaban J connectivity index is 0.000000312. The third kappa shape index (κ3) is 6.82. The molecule has 0 aliphatic rings. The van der Waals surface area contributed by atoms with Crippen LogP contribution in [-0.4, -0.2) is 7.25 Å². The Kier molecular flexibility index (Phi) is 6.13. The predicted molar refractivity (Wildman–Crippen MR) is 67.2 cm³/mol. The minimum atomic E-state index is -6.00. The van der Waals surface area contributed by atoms with E-state index in [4.69, 9.17) is 11.6 Å². The fraction of sp³-hybridized carbons (Fsp3) is 0. The smallest absolute Gasteiger partial charge is 0.418 e. The molecule has 0 nitrogen and oxygen atoms in total. The maximum atomic E-state index is 9.75. The minimum Gasteiger partial charge on any atom is -0.418 e. The Hall–Kier alpha value is -0.755. The number of hydrogen-bond donors (Lipinski definition) is 0. The van der Waals surface area contributed by atoms with Gasteiger partial charge in [0.05, 0.1) is 0 Å². The van der Waals surface area contributed by atoms with Crippen molar-refractivity contribution in [2.24, 2.45) is 0 Å². The molecule has 102 valence electrons. The first-order chi connectivity index (χ1) is 8.77. The van der Waals surface area contributed by atoms with Crippen LogP contribution in [0.3, 0.4) is 0 Å². The molecule has 0 fully saturated rings. The van der Waals surface area contributed by atoms with Crippen LogP contribution in [0.15, 0.2) is 48.5 Å². The Labute approximate surface area is 127 Å². The van der Waals surface area contributed by atoms with Gasteiger partial charge in [0.15, 0.2) is 3.57 Å². The van der Waals surface area contributed by atoms with Gasteiger partial charge in [-0.25, -0.2) is 0 Å². The molecule has 2 aromatic carbocycles. The van der Waals surface area contributed by atoms with Crippen molar-refractivity contribution in [1.82, 2.24) is 0 Å². The molecule has 0 atom stereocenters. The van der Waals surface area contributed by atoms with Crippen LogP contribution in [0.2, 0.25) is 5.02 Å². The lowest BCUT2D eigenvalue weighted by Gasteiger charge is -2.00. The zero-order valence-corrected chi connectivity index (χ0v) is 12.6. The Morgan fingerprint density at radius 1 is 0.842 bits per heavy atom. The molecule has 19 heavy (non-hydrogen) atoms. The highest BCUT2D eigenvalue weighted by Crippen LogP contribution is 2.20. The summed E-state index contributed by atoms with van der Waals surface area (Å²) in [7, 11) is -6.00. The first-order valence-electron chi connectivity index (χ1n) is 5.16. The molecule has 2 aromatic rings. The highest BCUT2D eigenvalue weighted by molar-refractivity contribution is 6.50. The van der Waals surface area contributed by atoms with Crippen LogP contribution in [0, 0.1) is 3.57 Å². The van der Waals surface area contributed by atoms with Gasteiger partial charge < -0.3 is 17.3 Å². The van der Waals surface area contributed by atoms with E-state index in [1.165, 1.54) is 14.7 Å². The lowest BCUT2D eigenvalue weighted by molar-refractivity contribution is -0.326. The van der Waals surface area contributed by atoms with Crippen molar-refractivity contribution in [2.45, 2.75) is 0 Å². The molecule has 0 aromatic heterocycles. The molecule has 0 bridgehead atoms. The van der Waals surface area contributed by atoms with Crippen molar-refractivity contribution >= 4 is 18.9 Å². The van der Waals surface area contributed by atoms with Gasteiger partial charge in [0, 0.05) is 10.6 Å².